The van der Waals surface area contributed by atoms with Crippen molar-refractivity contribution in [2.75, 3.05) is 6.61 Å². The van der Waals surface area contributed by atoms with Crippen LogP contribution in [0.25, 0.3) is 0 Å². The zero-order valence-electron chi connectivity index (χ0n) is 26.1. The maximum atomic E-state index is 12.8. The minimum absolute atomic E-state index is 0.0173. The van der Waals surface area contributed by atoms with Gasteiger partial charge in [-0.05, 0) is 55.4 Å². The lowest BCUT2D eigenvalue weighted by Gasteiger charge is -2.42. The van der Waals surface area contributed by atoms with Crippen molar-refractivity contribution in [3.8, 4) is 11.8 Å². The van der Waals surface area contributed by atoms with Crippen LogP contribution in [0.2, 0.25) is 5.04 Å². The summed E-state index contributed by atoms with van der Waals surface area (Å²) < 4.78 is 18.1. The zero-order chi connectivity index (χ0) is 31.0. The summed E-state index contributed by atoms with van der Waals surface area (Å²) in [6.45, 7) is 18.6. The van der Waals surface area contributed by atoms with Crippen LogP contribution in [0.5, 0.6) is 0 Å². The first kappa shape index (κ1) is 32.8. The highest BCUT2D eigenvalue weighted by Gasteiger charge is 2.50. The third-order valence-electron chi connectivity index (χ3n) is 7.21. The lowest BCUT2D eigenvalue weighted by atomic mass is 9.91. The first-order valence-electron chi connectivity index (χ1n) is 14.5. The molecule has 0 bridgehead atoms. The molecule has 1 unspecified atom stereocenters. The topological polar surface area (TPSA) is 65.7 Å². The quantitative estimate of drug-likeness (QED) is 0.0788. The van der Waals surface area contributed by atoms with Crippen molar-refractivity contribution in [2.45, 2.75) is 78.4 Å². The van der Waals surface area contributed by atoms with Crippen molar-refractivity contribution in [1.29, 1.82) is 0 Å². The van der Waals surface area contributed by atoms with Crippen molar-refractivity contribution in [3.05, 3.63) is 96.0 Å². The van der Waals surface area contributed by atoms with E-state index in [4.69, 9.17) is 13.6 Å². The van der Waals surface area contributed by atoms with E-state index < -0.39 is 19.9 Å². The lowest BCUT2D eigenvalue weighted by molar-refractivity contribution is 0.00669. The molecule has 1 heterocycles. The Morgan fingerprint density at radius 2 is 1.55 bits per heavy atom. The van der Waals surface area contributed by atoms with Gasteiger partial charge in [0.15, 0.2) is 12.0 Å². The van der Waals surface area contributed by atoms with Crippen molar-refractivity contribution >= 4 is 30.9 Å². The number of allylic oxidation sites excluding steroid dienone is 1. The van der Waals surface area contributed by atoms with Crippen molar-refractivity contribution in [1.82, 2.24) is 0 Å². The van der Waals surface area contributed by atoms with Gasteiger partial charge in [0.25, 0.3) is 8.32 Å². The van der Waals surface area contributed by atoms with Crippen LogP contribution in [0.15, 0.2) is 83.3 Å². The van der Waals surface area contributed by atoms with Gasteiger partial charge in [-0.3, -0.25) is 4.79 Å². The largest absolute Gasteiger partial charge is 0.457 e. The van der Waals surface area contributed by atoms with Crippen LogP contribution in [-0.4, -0.2) is 32.8 Å². The summed E-state index contributed by atoms with van der Waals surface area (Å²) in [4.78, 5) is 24.2. The van der Waals surface area contributed by atoms with Gasteiger partial charge in [-0.2, -0.15) is 0 Å². The number of aldehydes is 1. The smallest absolute Gasteiger partial charge is 0.342 e. The van der Waals surface area contributed by atoms with E-state index in [9.17, 15) is 9.59 Å². The first-order chi connectivity index (χ1) is 19.8. The molecule has 0 fully saturated rings. The Morgan fingerprint density at radius 1 is 0.976 bits per heavy atom. The molecule has 5 nitrogen and oxygen atoms in total. The summed E-state index contributed by atoms with van der Waals surface area (Å²) in [5.41, 5.74) is 0.579. The molecule has 3 aromatic rings. The minimum Gasteiger partial charge on any atom is -0.457 e. The number of carbonyl (C=O) groups excluding carboxylic acids is 2. The first-order valence-corrected chi connectivity index (χ1v) is 16.4. The number of carbonyl (C=O) groups is 2. The number of hydrogen-bond acceptors (Lipinski definition) is 5. The summed E-state index contributed by atoms with van der Waals surface area (Å²) in [5.74, 6) is 6.61. The van der Waals surface area contributed by atoms with E-state index in [1.54, 1.807) is 20.8 Å². The van der Waals surface area contributed by atoms with Gasteiger partial charge >= 0.3 is 5.97 Å². The monoisotopic (exact) mass is 584 g/mol. The summed E-state index contributed by atoms with van der Waals surface area (Å²) in [6, 6.07) is 22.5. The molecule has 3 rings (SSSR count). The molecule has 1 atom stereocenters. The lowest BCUT2D eigenvalue weighted by Crippen LogP contribution is -2.66. The molecular weight excluding hydrogens is 540 g/mol. The third-order valence-corrected chi connectivity index (χ3v) is 12.2. The molecule has 0 spiro atoms. The number of furan rings is 1. The van der Waals surface area contributed by atoms with Crippen molar-refractivity contribution < 1.29 is 23.2 Å². The van der Waals surface area contributed by atoms with E-state index >= 15 is 0 Å². The molecule has 6 heteroatoms. The fourth-order valence-corrected chi connectivity index (χ4v) is 9.65. The maximum absolute atomic E-state index is 12.8. The second kappa shape index (κ2) is 14.0. The fourth-order valence-electron chi connectivity index (χ4n) is 5.20. The Kier molecular flexibility index (Phi) is 11.0. The van der Waals surface area contributed by atoms with Crippen LogP contribution >= 0.6 is 0 Å². The Bertz CT molecular complexity index is 1370. The van der Waals surface area contributed by atoms with E-state index in [-0.39, 0.29) is 22.3 Å². The highest BCUT2D eigenvalue weighted by molar-refractivity contribution is 6.99. The van der Waals surface area contributed by atoms with Crippen LogP contribution < -0.4 is 10.4 Å². The van der Waals surface area contributed by atoms with Gasteiger partial charge in [0, 0.05) is 18.9 Å². The average Bonchev–Trinajstić information content (AvgIpc) is 3.34. The van der Waals surface area contributed by atoms with E-state index in [2.05, 4.69) is 87.7 Å². The molecule has 1 aromatic heterocycles. The molecule has 2 aromatic carbocycles. The Balaban J connectivity index is 1.75. The van der Waals surface area contributed by atoms with Gasteiger partial charge in [-0.1, -0.05) is 99.5 Å². The normalized spacial score (nSPS) is 12.6. The SMILES string of the molecule is C=C(C)C(CCC#CCO[Si](c1ccccc1)(c1ccccc1)C(C)(C)C)Cc1oc(C=O)cc1C(=O)OC(C)(C)C. The Morgan fingerprint density at radius 3 is 2.02 bits per heavy atom. The summed E-state index contributed by atoms with van der Waals surface area (Å²) in [7, 11) is -2.64. The minimum atomic E-state index is -2.64. The molecule has 42 heavy (non-hydrogen) atoms. The Hall–Kier alpha value is -3.66. The molecule has 0 amide bonds. The highest BCUT2D eigenvalue weighted by atomic mass is 28.4. The van der Waals surface area contributed by atoms with Crippen LogP contribution in [0.4, 0.5) is 0 Å². The van der Waals surface area contributed by atoms with Gasteiger partial charge < -0.3 is 13.6 Å². The molecule has 0 N–H and O–H groups in total. The van der Waals surface area contributed by atoms with Crippen LogP contribution in [0, 0.1) is 17.8 Å². The molecule has 0 aliphatic carbocycles. The van der Waals surface area contributed by atoms with Crippen molar-refractivity contribution in [2.24, 2.45) is 5.92 Å². The average molecular weight is 585 g/mol. The molecule has 0 aliphatic rings. The second-order valence-electron chi connectivity index (χ2n) is 12.7. The number of hydrogen-bond donors (Lipinski definition) is 0. The van der Waals surface area contributed by atoms with Gasteiger partial charge in [0.05, 0.1) is 6.61 Å². The number of rotatable bonds is 11. The van der Waals surface area contributed by atoms with Gasteiger partial charge in [0.2, 0.25) is 0 Å². The predicted octanol–water partition coefficient (Wildman–Crippen LogP) is 7.14. The van der Waals surface area contributed by atoms with Gasteiger partial charge in [-0.15, -0.1) is 5.92 Å². The zero-order valence-corrected chi connectivity index (χ0v) is 27.1. The molecule has 0 saturated heterocycles. The van der Waals surface area contributed by atoms with Crippen LogP contribution in [0.3, 0.4) is 0 Å². The van der Waals surface area contributed by atoms with E-state index in [1.165, 1.54) is 16.4 Å². The molecule has 0 aliphatic heterocycles. The van der Waals surface area contributed by atoms with E-state index in [0.717, 1.165) is 12.0 Å². The summed E-state index contributed by atoms with van der Waals surface area (Å²) in [6.07, 6.45) is 2.39. The van der Waals surface area contributed by atoms with E-state index in [0.29, 0.717) is 31.5 Å². The number of esters is 1. The molecular formula is C36H44O5Si. The fraction of sp³-hybridized carbons (Fsp3) is 0.389. The number of benzene rings is 2. The van der Waals surface area contributed by atoms with Gasteiger partial charge in [0.1, 0.15) is 16.9 Å². The van der Waals surface area contributed by atoms with Crippen LogP contribution in [0.1, 0.15) is 88.0 Å². The number of ether oxygens (including phenoxy) is 1. The third kappa shape index (κ3) is 8.21. The summed E-state index contributed by atoms with van der Waals surface area (Å²) >= 11 is 0. The maximum Gasteiger partial charge on any atom is 0.342 e. The molecule has 0 radical (unpaired) electrons. The highest BCUT2D eigenvalue weighted by Crippen LogP contribution is 2.36. The second-order valence-corrected chi connectivity index (χ2v) is 17.0. The van der Waals surface area contributed by atoms with Crippen molar-refractivity contribution in [3.63, 3.8) is 0 Å². The summed E-state index contributed by atoms with van der Waals surface area (Å²) in [5, 5.41) is 2.33. The molecule has 222 valence electrons. The van der Waals surface area contributed by atoms with E-state index in [1.807, 2.05) is 19.1 Å². The van der Waals surface area contributed by atoms with Crippen LogP contribution in [-0.2, 0) is 15.6 Å². The standard InChI is InChI=1S/C36H44O5Si/c1-27(2)28(24-33-32(25-29(26-37)40-33)34(38)41-35(3,4)5)18-12-11-17-23-39-42(36(6,7)8,30-19-13-9-14-20-30)31-21-15-10-16-22-31/h9-10,13-16,19-22,25-26,28H,1,12,18,23-24H2,2-8H3. The Labute approximate surface area is 252 Å². The van der Waals surface area contributed by atoms with Gasteiger partial charge in [-0.25, -0.2) is 4.79 Å². The molecule has 0 saturated carbocycles. The predicted molar refractivity (Wildman–Crippen MR) is 172 cm³/mol.